The highest BCUT2D eigenvalue weighted by Gasteiger charge is 2.16. The molecule has 6 aromatic carbocycles. The number of ether oxygens (including phenoxy) is 2. The maximum atomic E-state index is 11.6. The van der Waals surface area contributed by atoms with Crippen molar-refractivity contribution in [3.8, 4) is 11.5 Å². The number of hydroxylamine groups is 3. The Labute approximate surface area is 449 Å². The SMILES string of the molecule is COc1ccc(CN(CCCC(=O)NO)Cc2cccc(C(=O)O)c2)cc1.COc1cccc(CN(CC(=O)NO)Cc2cccc(C(=O)O)c2)c1.O=C(CN(Cc1ccc(C(=O)O)cc1)Cc1ccc(C(=O)O)cc1)NO. The summed E-state index contributed by atoms with van der Waals surface area (Å²) < 4.78 is 10.4. The van der Waals surface area contributed by atoms with Crippen molar-refractivity contribution >= 4 is 41.6 Å². The smallest absolute Gasteiger partial charge is 0.335 e. The molecule has 22 heteroatoms. The number of carbonyl (C=O) groups is 7. The van der Waals surface area contributed by atoms with Gasteiger partial charge in [0.25, 0.3) is 11.8 Å². The maximum absolute atomic E-state index is 11.6. The molecule has 0 aliphatic carbocycles. The lowest BCUT2D eigenvalue weighted by atomic mass is 10.1. The van der Waals surface area contributed by atoms with E-state index in [1.807, 2.05) is 54.6 Å². The first-order chi connectivity index (χ1) is 37.4. The number of carbonyl (C=O) groups excluding carboxylic acids is 3. The molecule has 0 aliphatic rings. The van der Waals surface area contributed by atoms with Gasteiger partial charge in [0.2, 0.25) is 5.91 Å². The second-order valence-electron chi connectivity index (χ2n) is 17.4. The van der Waals surface area contributed by atoms with E-state index in [4.69, 9.17) is 45.5 Å². The lowest BCUT2D eigenvalue weighted by Gasteiger charge is -2.23. The minimum absolute atomic E-state index is 0.0367. The second-order valence-corrected chi connectivity index (χ2v) is 17.4. The molecule has 3 amide bonds. The van der Waals surface area contributed by atoms with Crippen LogP contribution in [0.25, 0.3) is 0 Å². The number of aromatic carboxylic acids is 4. The van der Waals surface area contributed by atoms with Crippen molar-refractivity contribution < 1.29 is 79.1 Å². The minimum atomic E-state index is -1.02. The Bertz CT molecular complexity index is 2860. The fourth-order valence-corrected chi connectivity index (χ4v) is 7.71. The van der Waals surface area contributed by atoms with Crippen molar-refractivity contribution in [2.24, 2.45) is 0 Å². The zero-order valence-electron chi connectivity index (χ0n) is 42.8. The van der Waals surface area contributed by atoms with E-state index in [-0.39, 0.29) is 41.8 Å². The molecule has 0 radical (unpaired) electrons. The Kier molecular flexibility index (Phi) is 25.6. The van der Waals surface area contributed by atoms with Crippen molar-refractivity contribution in [2.45, 2.75) is 52.1 Å². The summed E-state index contributed by atoms with van der Waals surface area (Å²) in [6.45, 7) is 3.16. The number of hydrogen-bond acceptors (Lipinski definition) is 15. The van der Waals surface area contributed by atoms with Gasteiger partial charge in [-0.15, -0.1) is 0 Å². The van der Waals surface area contributed by atoms with Crippen molar-refractivity contribution in [1.82, 2.24) is 31.1 Å². The highest BCUT2D eigenvalue weighted by atomic mass is 16.5. The molecule has 0 unspecified atom stereocenters. The van der Waals surface area contributed by atoms with Crippen molar-refractivity contribution in [3.63, 3.8) is 0 Å². The van der Waals surface area contributed by atoms with E-state index in [1.165, 1.54) is 30.3 Å². The largest absolute Gasteiger partial charge is 0.497 e. The molecular weight excluding hydrogens is 1010 g/mol. The number of amides is 3. The molecule has 0 spiro atoms. The van der Waals surface area contributed by atoms with E-state index >= 15 is 0 Å². The minimum Gasteiger partial charge on any atom is -0.497 e. The monoisotopic (exact) mass is 1070 g/mol. The predicted octanol–water partition coefficient (Wildman–Crippen LogP) is 6.17. The normalized spacial score (nSPS) is 10.6. The van der Waals surface area contributed by atoms with Gasteiger partial charge < -0.3 is 29.9 Å². The Morgan fingerprint density at radius 3 is 1.12 bits per heavy atom. The van der Waals surface area contributed by atoms with Crippen LogP contribution in [-0.2, 0) is 53.7 Å². The highest BCUT2D eigenvalue weighted by molar-refractivity contribution is 5.89. The number of hydrogen-bond donors (Lipinski definition) is 10. The van der Waals surface area contributed by atoms with Gasteiger partial charge in [0.05, 0.1) is 49.6 Å². The van der Waals surface area contributed by atoms with Crippen LogP contribution in [0.3, 0.4) is 0 Å². The van der Waals surface area contributed by atoms with Crippen molar-refractivity contribution in [3.05, 3.63) is 201 Å². The van der Waals surface area contributed by atoms with Crippen LogP contribution in [-0.4, -0.2) is 126 Å². The summed E-state index contributed by atoms with van der Waals surface area (Å²) in [5.41, 5.74) is 10.8. The average molecular weight is 1080 g/mol. The molecule has 6 aromatic rings. The molecule has 6 rings (SSSR count). The summed E-state index contributed by atoms with van der Waals surface area (Å²) in [5.74, 6) is -4.08. The first kappa shape index (κ1) is 61.5. The third kappa shape index (κ3) is 22.0. The van der Waals surface area contributed by atoms with Crippen molar-refractivity contribution in [1.29, 1.82) is 0 Å². The number of rotatable bonds is 26. The molecule has 0 saturated heterocycles. The average Bonchev–Trinajstić information content (AvgIpc) is 3.44. The fourth-order valence-electron chi connectivity index (χ4n) is 7.71. The third-order valence-electron chi connectivity index (χ3n) is 11.5. The van der Waals surface area contributed by atoms with E-state index in [0.717, 1.165) is 39.1 Å². The van der Waals surface area contributed by atoms with Gasteiger partial charge in [-0.1, -0.05) is 72.8 Å². The van der Waals surface area contributed by atoms with Crippen LogP contribution >= 0.6 is 0 Å². The molecule has 0 aliphatic heterocycles. The highest BCUT2D eigenvalue weighted by Crippen LogP contribution is 2.19. The van der Waals surface area contributed by atoms with E-state index in [9.17, 15) is 33.6 Å². The zero-order valence-corrected chi connectivity index (χ0v) is 42.8. The number of nitrogens with zero attached hydrogens (tertiary/aromatic N) is 3. The Balaban J connectivity index is 0.000000253. The van der Waals surface area contributed by atoms with Gasteiger partial charge in [-0.3, -0.25) is 44.7 Å². The number of carboxylic acid groups (broad SMARTS) is 4. The lowest BCUT2D eigenvalue weighted by molar-refractivity contribution is -0.131. The van der Waals surface area contributed by atoms with Crippen LogP contribution in [0, 0.1) is 0 Å². The van der Waals surface area contributed by atoms with E-state index in [2.05, 4.69) is 4.90 Å². The molecule has 0 fully saturated rings. The molecule has 0 bridgehead atoms. The van der Waals surface area contributed by atoms with Crippen LogP contribution in [0.15, 0.2) is 146 Å². The predicted molar refractivity (Wildman–Crippen MR) is 281 cm³/mol. The molecule has 0 heterocycles. The molecule has 78 heavy (non-hydrogen) atoms. The summed E-state index contributed by atoms with van der Waals surface area (Å²) in [5, 5.41) is 62.3. The van der Waals surface area contributed by atoms with Crippen LogP contribution in [0.4, 0.5) is 0 Å². The number of carboxylic acids is 4. The van der Waals surface area contributed by atoms with Crippen LogP contribution in [0.1, 0.15) is 87.7 Å². The summed E-state index contributed by atoms with van der Waals surface area (Å²) in [7, 11) is 3.19. The maximum Gasteiger partial charge on any atom is 0.335 e. The first-order valence-corrected chi connectivity index (χ1v) is 23.9. The zero-order chi connectivity index (χ0) is 57.0. The van der Waals surface area contributed by atoms with Gasteiger partial charge in [0, 0.05) is 45.7 Å². The quantitative estimate of drug-likeness (QED) is 0.0214. The van der Waals surface area contributed by atoms with Crippen LogP contribution < -0.4 is 25.9 Å². The van der Waals surface area contributed by atoms with Gasteiger partial charge in [-0.05, 0) is 119 Å². The van der Waals surface area contributed by atoms with Crippen LogP contribution in [0.2, 0.25) is 0 Å². The Hall–Kier alpha value is -9.03. The second kappa shape index (κ2) is 32.4. The summed E-state index contributed by atoms with van der Waals surface area (Å²) in [6.07, 6.45) is 0.784. The Morgan fingerprint density at radius 2 is 0.731 bits per heavy atom. The molecule has 0 saturated carbocycles. The van der Waals surface area contributed by atoms with Crippen LogP contribution in [0.5, 0.6) is 11.5 Å². The van der Waals surface area contributed by atoms with Gasteiger partial charge in [0.15, 0.2) is 0 Å². The van der Waals surface area contributed by atoms with Gasteiger partial charge >= 0.3 is 23.9 Å². The lowest BCUT2D eigenvalue weighted by Crippen LogP contribution is -2.35. The van der Waals surface area contributed by atoms with E-state index in [1.54, 1.807) is 101 Å². The topological polar surface area (TPSA) is 325 Å². The van der Waals surface area contributed by atoms with Gasteiger partial charge in [-0.25, -0.2) is 35.6 Å². The standard InChI is InChI=1S/C20H24N2O5.C18H18N2O6.C18H20N2O5/c1-27-18-9-7-15(8-10-18)13-22(11-3-6-19(23)21-26)14-16-4-2-5-17(12-16)20(24)25;21-16(19-26)11-20(9-12-1-5-14(6-2-12)17(22)23)10-13-3-7-15(8-4-13)18(24)25;1-25-16-7-3-5-14(9-16)11-20(12-17(21)19-24)10-13-4-2-6-15(8-13)18(22)23/h2,4-5,7-10,12,26H,3,6,11,13-14H2,1H3,(H,21,23)(H,24,25);1-8,26H,9-11H2,(H,19,21)(H,22,23)(H,24,25);2-9,24H,10-12H2,1H3,(H,19,21)(H,22,23). The summed E-state index contributed by atoms with van der Waals surface area (Å²) >= 11 is 0. The summed E-state index contributed by atoms with van der Waals surface area (Å²) in [6, 6.07) is 41.0. The fraction of sp³-hybridized carbons (Fsp3) is 0.232. The van der Waals surface area contributed by atoms with E-state index in [0.29, 0.717) is 58.0 Å². The molecule has 0 aromatic heterocycles. The Morgan fingerprint density at radius 1 is 0.385 bits per heavy atom. The first-order valence-electron chi connectivity index (χ1n) is 23.9. The molecule has 22 nitrogen and oxygen atoms in total. The molecule has 412 valence electrons. The summed E-state index contributed by atoms with van der Waals surface area (Å²) in [4.78, 5) is 84.1. The van der Waals surface area contributed by atoms with Gasteiger partial charge in [0.1, 0.15) is 11.5 Å². The molecule has 0 atom stereocenters. The number of methoxy groups -OCH3 is 2. The molecule has 10 N–H and O–H groups in total. The van der Waals surface area contributed by atoms with Gasteiger partial charge in [-0.2, -0.15) is 0 Å². The third-order valence-corrected chi connectivity index (χ3v) is 11.5. The number of nitrogens with one attached hydrogen (secondary N) is 3. The molecular formula is C56H62N6O16. The number of benzene rings is 6. The van der Waals surface area contributed by atoms with Crippen molar-refractivity contribution in [2.75, 3.05) is 33.9 Å². The van der Waals surface area contributed by atoms with E-state index < -0.39 is 41.6 Å².